The number of anilines is 1. The van der Waals surface area contributed by atoms with Gasteiger partial charge in [-0.15, -0.1) is 0 Å². The van der Waals surface area contributed by atoms with Crippen molar-refractivity contribution >= 4 is 21.3 Å². The van der Waals surface area contributed by atoms with E-state index in [-0.39, 0.29) is 10.6 Å². The van der Waals surface area contributed by atoms with E-state index in [0.29, 0.717) is 12.3 Å². The summed E-state index contributed by atoms with van der Waals surface area (Å²) in [6, 6.07) is 5.88. The highest BCUT2D eigenvalue weighted by Crippen LogP contribution is 2.43. The van der Waals surface area contributed by atoms with Crippen molar-refractivity contribution in [2.45, 2.75) is 36.2 Å². The van der Waals surface area contributed by atoms with Crippen molar-refractivity contribution in [2.75, 3.05) is 11.6 Å². The van der Waals surface area contributed by atoms with Crippen LogP contribution in [0.2, 0.25) is 0 Å². The minimum Gasteiger partial charge on any atom is -0.474 e. The molecule has 1 aliphatic rings. The quantitative estimate of drug-likeness (QED) is 0.581. The highest BCUT2D eigenvalue weighted by atomic mass is 32.2. The predicted molar refractivity (Wildman–Crippen MR) is 102 cm³/mol. The first kappa shape index (κ1) is 23.8. The van der Waals surface area contributed by atoms with E-state index >= 15 is 0 Å². The molecule has 2 N–H and O–H groups in total. The molecule has 0 aliphatic heterocycles. The Morgan fingerprint density at radius 1 is 1.19 bits per heavy atom. The van der Waals surface area contributed by atoms with Gasteiger partial charge in [-0.05, 0) is 37.1 Å². The number of rotatable bonds is 5. The molecule has 1 fully saturated rings. The van der Waals surface area contributed by atoms with Crippen molar-refractivity contribution < 1.29 is 40.1 Å². The molecule has 1 unspecified atom stereocenters. The summed E-state index contributed by atoms with van der Waals surface area (Å²) in [6.07, 6.45) is -9.39. The van der Waals surface area contributed by atoms with Gasteiger partial charge in [0.05, 0.1) is 21.2 Å². The van der Waals surface area contributed by atoms with Crippen molar-refractivity contribution in [2.24, 2.45) is 5.92 Å². The van der Waals surface area contributed by atoms with Gasteiger partial charge in [-0.3, -0.25) is 4.79 Å². The van der Waals surface area contributed by atoms with E-state index in [1.165, 1.54) is 24.3 Å². The number of benzene rings is 1. The molecule has 1 heterocycles. The van der Waals surface area contributed by atoms with Crippen LogP contribution in [0, 0.1) is 10.7 Å². The zero-order chi connectivity index (χ0) is 23.9. The Labute approximate surface area is 179 Å². The lowest BCUT2D eigenvalue weighted by atomic mass is 9.82. The van der Waals surface area contributed by atoms with Crippen LogP contribution in [0.3, 0.4) is 0 Å². The van der Waals surface area contributed by atoms with Crippen LogP contribution in [-0.2, 0) is 15.9 Å². The number of ether oxygens (including phenoxy) is 1. The molecule has 174 valence electrons. The minimum atomic E-state index is -4.82. The number of hydrogen-bond donors (Lipinski definition) is 2. The number of pyridine rings is 1. The summed E-state index contributed by atoms with van der Waals surface area (Å²) in [5.74, 6) is -3.18. The SMILES string of the molecule is CS(=N)(=O)c1cccc(NC(=O)c2cc(C(F)(F)F)cnc2OC2CC(C(F)(F)F)C2)c1. The van der Waals surface area contributed by atoms with E-state index in [9.17, 15) is 35.3 Å². The number of carbonyl (C=O) groups is 1. The first-order valence-electron chi connectivity index (χ1n) is 9.10. The van der Waals surface area contributed by atoms with Crippen LogP contribution < -0.4 is 10.1 Å². The van der Waals surface area contributed by atoms with Gasteiger partial charge in [0.1, 0.15) is 11.7 Å². The Bertz CT molecular complexity index is 1130. The Hall–Kier alpha value is -2.83. The number of nitrogens with zero attached hydrogens (tertiary/aromatic N) is 1. The second-order valence-corrected chi connectivity index (χ2v) is 9.51. The second kappa shape index (κ2) is 8.26. The van der Waals surface area contributed by atoms with Gasteiger partial charge in [-0.1, -0.05) is 6.07 Å². The molecule has 0 spiro atoms. The molecular formula is C19H17F6N3O3S. The molecule has 2 aromatic rings. The molecule has 0 saturated heterocycles. The molecule has 0 bridgehead atoms. The smallest absolute Gasteiger partial charge is 0.417 e. The van der Waals surface area contributed by atoms with Crippen molar-refractivity contribution in [1.82, 2.24) is 4.98 Å². The third-order valence-electron chi connectivity index (χ3n) is 4.80. The number of alkyl halides is 6. The maximum absolute atomic E-state index is 13.1. The van der Waals surface area contributed by atoms with Gasteiger partial charge in [0.2, 0.25) is 5.88 Å². The minimum absolute atomic E-state index is 0.0541. The van der Waals surface area contributed by atoms with E-state index in [4.69, 9.17) is 9.52 Å². The highest BCUT2D eigenvalue weighted by molar-refractivity contribution is 7.91. The van der Waals surface area contributed by atoms with Crippen LogP contribution in [0.25, 0.3) is 0 Å². The molecule has 1 aromatic carbocycles. The summed E-state index contributed by atoms with van der Waals surface area (Å²) in [7, 11) is -3.12. The number of hydrogen-bond acceptors (Lipinski definition) is 5. The lowest BCUT2D eigenvalue weighted by molar-refractivity contribution is -0.210. The standard InChI is InChI=1S/C19H17F6N3O3S/c1-32(26,30)14-4-2-3-12(8-14)28-16(29)15-7-11(19(23,24)25)9-27-17(15)31-13-5-10(6-13)18(20,21)22/h2-4,7-10,13,26H,5-6H2,1H3,(H,28,29). The molecule has 1 saturated carbocycles. The summed E-state index contributed by atoms with van der Waals surface area (Å²) < 4.78 is 102. The van der Waals surface area contributed by atoms with Gasteiger partial charge in [0.15, 0.2) is 0 Å². The Morgan fingerprint density at radius 2 is 1.84 bits per heavy atom. The molecule has 1 atom stereocenters. The zero-order valence-electron chi connectivity index (χ0n) is 16.4. The third-order valence-corrected chi connectivity index (χ3v) is 5.95. The van der Waals surface area contributed by atoms with Crippen LogP contribution in [0.4, 0.5) is 32.0 Å². The van der Waals surface area contributed by atoms with E-state index in [2.05, 4.69) is 10.3 Å². The average molecular weight is 481 g/mol. The number of carbonyl (C=O) groups excluding carboxylic acids is 1. The van der Waals surface area contributed by atoms with Gasteiger partial charge in [-0.2, -0.15) is 26.3 Å². The van der Waals surface area contributed by atoms with Gasteiger partial charge in [-0.25, -0.2) is 14.0 Å². The van der Waals surface area contributed by atoms with Crippen LogP contribution in [0.15, 0.2) is 41.4 Å². The molecule has 13 heteroatoms. The number of amides is 1. The fourth-order valence-corrected chi connectivity index (χ4v) is 3.66. The van der Waals surface area contributed by atoms with Gasteiger partial charge >= 0.3 is 12.4 Å². The first-order chi connectivity index (χ1) is 14.6. The van der Waals surface area contributed by atoms with E-state index in [1.54, 1.807) is 0 Å². The van der Waals surface area contributed by atoms with E-state index in [1.807, 2.05) is 0 Å². The van der Waals surface area contributed by atoms with Crippen LogP contribution in [0.5, 0.6) is 5.88 Å². The van der Waals surface area contributed by atoms with Gasteiger partial charge < -0.3 is 10.1 Å². The molecule has 1 amide bonds. The number of aromatic nitrogens is 1. The molecule has 1 aromatic heterocycles. The van der Waals surface area contributed by atoms with Gasteiger partial charge in [0, 0.05) is 23.0 Å². The van der Waals surface area contributed by atoms with Gasteiger partial charge in [0.25, 0.3) is 5.91 Å². The van der Waals surface area contributed by atoms with Crippen molar-refractivity contribution in [1.29, 1.82) is 4.78 Å². The monoisotopic (exact) mass is 481 g/mol. The maximum Gasteiger partial charge on any atom is 0.417 e. The number of halogens is 6. The van der Waals surface area contributed by atoms with Crippen molar-refractivity contribution in [3.63, 3.8) is 0 Å². The molecule has 3 rings (SSSR count). The summed E-state index contributed by atoms with van der Waals surface area (Å²) in [5.41, 5.74) is -1.81. The lowest BCUT2D eigenvalue weighted by Gasteiger charge is -2.36. The lowest BCUT2D eigenvalue weighted by Crippen LogP contribution is -2.42. The largest absolute Gasteiger partial charge is 0.474 e. The van der Waals surface area contributed by atoms with Crippen LogP contribution in [-0.4, -0.2) is 33.6 Å². The zero-order valence-corrected chi connectivity index (χ0v) is 17.2. The Balaban J connectivity index is 1.87. The molecule has 0 radical (unpaired) electrons. The third kappa shape index (κ3) is 5.50. The second-order valence-electron chi connectivity index (χ2n) is 7.35. The molecule has 32 heavy (non-hydrogen) atoms. The molecular weight excluding hydrogens is 464 g/mol. The summed E-state index contributed by atoms with van der Waals surface area (Å²) in [6.45, 7) is 0. The average Bonchev–Trinajstić information content (AvgIpc) is 2.62. The first-order valence-corrected chi connectivity index (χ1v) is 11.1. The van der Waals surface area contributed by atoms with E-state index in [0.717, 1.165) is 6.26 Å². The Kier molecular flexibility index (Phi) is 6.15. The van der Waals surface area contributed by atoms with Crippen molar-refractivity contribution in [3.05, 3.63) is 47.7 Å². The summed E-state index contributed by atoms with van der Waals surface area (Å²) in [5, 5.41) is 2.32. The fourth-order valence-electron chi connectivity index (χ4n) is 2.97. The molecule has 1 aliphatic carbocycles. The highest BCUT2D eigenvalue weighted by Gasteiger charge is 2.49. The molecule has 6 nitrogen and oxygen atoms in total. The predicted octanol–water partition coefficient (Wildman–Crippen LogP) is 5.11. The maximum atomic E-state index is 13.1. The number of nitrogens with one attached hydrogen (secondary N) is 2. The Morgan fingerprint density at radius 3 is 2.41 bits per heavy atom. The van der Waals surface area contributed by atoms with E-state index < -0.39 is 69.9 Å². The van der Waals surface area contributed by atoms with Crippen LogP contribution in [0.1, 0.15) is 28.8 Å². The van der Waals surface area contributed by atoms with Crippen LogP contribution >= 0.6 is 0 Å². The normalized spacial score (nSPS) is 20.7. The summed E-state index contributed by atoms with van der Waals surface area (Å²) in [4.78, 5) is 16.3. The van der Waals surface area contributed by atoms with Crippen molar-refractivity contribution in [3.8, 4) is 5.88 Å². The topological polar surface area (TPSA) is 92.1 Å². The fraction of sp³-hybridized carbons (Fsp3) is 0.368. The summed E-state index contributed by atoms with van der Waals surface area (Å²) >= 11 is 0.